The molecule has 0 radical (unpaired) electrons. The molecule has 2 aromatic rings. The van der Waals surface area contributed by atoms with Crippen LogP contribution < -0.4 is 0 Å². The molecule has 1 aromatic heterocycles. The highest BCUT2D eigenvalue weighted by Crippen LogP contribution is 2.33. The number of furan rings is 1. The van der Waals surface area contributed by atoms with E-state index in [4.69, 9.17) is 4.42 Å². The van der Waals surface area contributed by atoms with E-state index in [1.54, 1.807) is 0 Å². The Morgan fingerprint density at radius 1 is 1.38 bits per heavy atom. The van der Waals surface area contributed by atoms with Crippen LogP contribution in [0.5, 0.6) is 0 Å². The summed E-state index contributed by atoms with van der Waals surface area (Å²) in [5.74, 6) is 1.05. The molecule has 0 aliphatic heterocycles. The highest BCUT2D eigenvalue weighted by Gasteiger charge is 2.19. The van der Waals surface area contributed by atoms with Gasteiger partial charge in [0.1, 0.15) is 11.3 Å². The first-order valence-corrected chi connectivity index (χ1v) is 6.80. The van der Waals surface area contributed by atoms with Crippen molar-refractivity contribution in [2.24, 2.45) is 0 Å². The summed E-state index contributed by atoms with van der Waals surface area (Å²) in [6, 6.07) is 6.41. The summed E-state index contributed by atoms with van der Waals surface area (Å²) in [6.07, 6.45) is 7.61. The van der Waals surface area contributed by atoms with Gasteiger partial charge < -0.3 is 4.42 Å². The molecule has 0 amide bonds. The first kappa shape index (κ1) is 10.0. The van der Waals surface area contributed by atoms with E-state index in [9.17, 15) is 0 Å². The van der Waals surface area contributed by atoms with Gasteiger partial charge in [-0.2, -0.15) is 11.8 Å². The number of hydrogen-bond acceptors (Lipinski definition) is 2. The SMILES string of the molecule is CSC1C=Cc2oc3ccc(C)cc3c2C1. The van der Waals surface area contributed by atoms with Crippen LogP contribution in [0.4, 0.5) is 0 Å². The molecule has 1 aliphatic carbocycles. The maximum absolute atomic E-state index is 5.84. The number of rotatable bonds is 1. The molecule has 2 heteroatoms. The minimum absolute atomic E-state index is 0.591. The summed E-state index contributed by atoms with van der Waals surface area (Å²) in [5, 5.41) is 1.88. The van der Waals surface area contributed by atoms with Crippen LogP contribution in [-0.2, 0) is 6.42 Å². The highest BCUT2D eigenvalue weighted by molar-refractivity contribution is 7.99. The third kappa shape index (κ3) is 1.49. The van der Waals surface area contributed by atoms with Crippen molar-refractivity contribution in [1.82, 2.24) is 0 Å². The fourth-order valence-electron chi connectivity index (χ4n) is 2.25. The van der Waals surface area contributed by atoms with E-state index < -0.39 is 0 Å². The smallest absolute Gasteiger partial charge is 0.135 e. The quantitative estimate of drug-likeness (QED) is 0.733. The molecule has 1 atom stereocenters. The number of aryl methyl sites for hydroxylation is 1. The van der Waals surface area contributed by atoms with Gasteiger partial charge in [0.2, 0.25) is 0 Å². The van der Waals surface area contributed by atoms with Crippen LogP contribution in [0.1, 0.15) is 16.9 Å². The van der Waals surface area contributed by atoms with E-state index >= 15 is 0 Å². The number of thioether (sulfide) groups is 1. The van der Waals surface area contributed by atoms with Gasteiger partial charge in [-0.25, -0.2) is 0 Å². The number of hydrogen-bond donors (Lipinski definition) is 0. The van der Waals surface area contributed by atoms with Gasteiger partial charge in [0.15, 0.2) is 0 Å². The van der Waals surface area contributed by atoms with Crippen molar-refractivity contribution in [2.45, 2.75) is 18.6 Å². The van der Waals surface area contributed by atoms with Crippen LogP contribution in [0, 0.1) is 6.92 Å². The minimum atomic E-state index is 0.591. The third-order valence-corrected chi connectivity index (χ3v) is 4.08. The molecule has 3 rings (SSSR count). The molecule has 1 nitrogen and oxygen atoms in total. The molecule has 0 saturated carbocycles. The lowest BCUT2D eigenvalue weighted by atomic mass is 10.00. The Morgan fingerprint density at radius 2 is 2.25 bits per heavy atom. The maximum atomic E-state index is 5.84. The van der Waals surface area contributed by atoms with E-state index in [-0.39, 0.29) is 0 Å². The van der Waals surface area contributed by atoms with Crippen molar-refractivity contribution in [2.75, 3.05) is 6.26 Å². The molecule has 82 valence electrons. The fourth-order valence-corrected chi connectivity index (χ4v) is 2.82. The second kappa shape index (κ2) is 3.70. The first-order chi connectivity index (χ1) is 7.78. The minimum Gasteiger partial charge on any atom is -0.456 e. The second-order valence-electron chi connectivity index (χ2n) is 4.28. The monoisotopic (exact) mass is 230 g/mol. The Hall–Kier alpha value is -1.15. The predicted molar refractivity (Wildman–Crippen MR) is 71.0 cm³/mol. The molecule has 0 N–H and O–H groups in total. The van der Waals surface area contributed by atoms with E-state index in [2.05, 4.69) is 43.5 Å². The lowest BCUT2D eigenvalue weighted by Crippen LogP contribution is -2.06. The first-order valence-electron chi connectivity index (χ1n) is 5.51. The summed E-state index contributed by atoms with van der Waals surface area (Å²) < 4.78 is 5.84. The zero-order valence-corrected chi connectivity index (χ0v) is 10.3. The van der Waals surface area contributed by atoms with E-state index in [0.717, 1.165) is 17.8 Å². The molecule has 1 unspecified atom stereocenters. The van der Waals surface area contributed by atoms with Crippen LogP contribution in [0.2, 0.25) is 0 Å². The fraction of sp³-hybridized carbons (Fsp3) is 0.286. The van der Waals surface area contributed by atoms with Crippen molar-refractivity contribution in [3.8, 4) is 0 Å². The third-order valence-electron chi connectivity index (χ3n) is 3.15. The average Bonchev–Trinajstić information content (AvgIpc) is 2.66. The van der Waals surface area contributed by atoms with Gasteiger partial charge in [-0.3, -0.25) is 0 Å². The van der Waals surface area contributed by atoms with Gasteiger partial charge in [-0.15, -0.1) is 0 Å². The molecule has 0 fully saturated rings. The largest absolute Gasteiger partial charge is 0.456 e. The number of fused-ring (bicyclic) bond motifs is 3. The van der Waals surface area contributed by atoms with E-state index in [1.807, 2.05) is 11.8 Å². The van der Waals surface area contributed by atoms with Crippen LogP contribution in [0.3, 0.4) is 0 Å². The molecule has 0 bridgehead atoms. The number of benzene rings is 1. The normalized spacial score (nSPS) is 19.0. The lowest BCUT2D eigenvalue weighted by Gasteiger charge is -2.13. The Bertz CT molecular complexity index is 565. The summed E-state index contributed by atoms with van der Waals surface area (Å²) in [7, 11) is 0. The van der Waals surface area contributed by atoms with Crippen LogP contribution in [-0.4, -0.2) is 11.5 Å². The van der Waals surface area contributed by atoms with Gasteiger partial charge in [0, 0.05) is 16.2 Å². The summed E-state index contributed by atoms with van der Waals surface area (Å²) in [5.41, 5.74) is 3.69. The summed E-state index contributed by atoms with van der Waals surface area (Å²) in [4.78, 5) is 0. The Labute approximate surface area is 99.5 Å². The Morgan fingerprint density at radius 3 is 3.06 bits per heavy atom. The molecule has 0 saturated heterocycles. The zero-order chi connectivity index (χ0) is 11.1. The van der Waals surface area contributed by atoms with Crippen molar-refractivity contribution in [3.63, 3.8) is 0 Å². The molecule has 1 aromatic carbocycles. The molecular weight excluding hydrogens is 216 g/mol. The topological polar surface area (TPSA) is 13.1 Å². The van der Waals surface area contributed by atoms with Crippen LogP contribution in [0.15, 0.2) is 28.7 Å². The molecule has 0 spiro atoms. The van der Waals surface area contributed by atoms with Crippen molar-refractivity contribution < 1.29 is 4.42 Å². The second-order valence-corrected chi connectivity index (χ2v) is 5.36. The molecular formula is C14H14OS. The van der Waals surface area contributed by atoms with Gasteiger partial charge in [0.05, 0.1) is 0 Å². The Kier molecular flexibility index (Phi) is 2.32. The standard InChI is InChI=1S/C14H14OS/c1-9-3-5-13-11(7-9)12-8-10(16-2)4-6-14(12)15-13/h3-7,10H,8H2,1-2H3. The van der Waals surface area contributed by atoms with Crippen molar-refractivity contribution in [3.05, 3.63) is 41.2 Å². The van der Waals surface area contributed by atoms with Gasteiger partial charge in [0.25, 0.3) is 0 Å². The average molecular weight is 230 g/mol. The predicted octanol–water partition coefficient (Wildman–Crippen LogP) is 4.04. The molecule has 1 heterocycles. The summed E-state index contributed by atoms with van der Waals surface area (Å²) in [6.45, 7) is 2.13. The zero-order valence-electron chi connectivity index (χ0n) is 9.49. The maximum Gasteiger partial charge on any atom is 0.135 e. The van der Waals surface area contributed by atoms with E-state index in [1.165, 1.54) is 16.5 Å². The van der Waals surface area contributed by atoms with Crippen molar-refractivity contribution in [1.29, 1.82) is 0 Å². The molecule has 16 heavy (non-hydrogen) atoms. The van der Waals surface area contributed by atoms with Gasteiger partial charge in [-0.05, 0) is 37.8 Å². The Balaban J connectivity index is 2.21. The van der Waals surface area contributed by atoms with E-state index in [0.29, 0.717) is 5.25 Å². The van der Waals surface area contributed by atoms with Crippen molar-refractivity contribution >= 4 is 28.8 Å². The molecule has 1 aliphatic rings. The highest BCUT2D eigenvalue weighted by atomic mass is 32.2. The van der Waals surface area contributed by atoms with Gasteiger partial charge in [-0.1, -0.05) is 17.7 Å². The summed E-state index contributed by atoms with van der Waals surface area (Å²) >= 11 is 1.90. The van der Waals surface area contributed by atoms with Crippen LogP contribution >= 0.6 is 11.8 Å². The van der Waals surface area contributed by atoms with Gasteiger partial charge >= 0.3 is 0 Å². The lowest BCUT2D eigenvalue weighted by molar-refractivity contribution is 0.596. The van der Waals surface area contributed by atoms with Crippen LogP contribution in [0.25, 0.3) is 17.0 Å².